The van der Waals surface area contributed by atoms with Crippen LogP contribution in [0.15, 0.2) is 31.8 Å². The summed E-state index contributed by atoms with van der Waals surface area (Å²) in [5.74, 6) is -0.210. The molecule has 0 fully saturated rings. The molecule has 0 aliphatic rings. The number of hydrogen-bond donors (Lipinski definition) is 0. The van der Waals surface area contributed by atoms with Gasteiger partial charge in [0.05, 0.1) is 0 Å². The van der Waals surface area contributed by atoms with Gasteiger partial charge < -0.3 is 0 Å². The molecule has 0 atom stereocenters. The van der Waals surface area contributed by atoms with Crippen molar-refractivity contribution in [2.75, 3.05) is 6.26 Å². The maximum atomic E-state index is 13.4. The van der Waals surface area contributed by atoms with Gasteiger partial charge >= 0.3 is 128 Å². The van der Waals surface area contributed by atoms with Crippen LogP contribution in [0.3, 0.4) is 0 Å². The van der Waals surface area contributed by atoms with Gasteiger partial charge in [-0.15, -0.1) is 0 Å². The summed E-state index contributed by atoms with van der Waals surface area (Å²) >= 11 is 1.50. The summed E-state index contributed by atoms with van der Waals surface area (Å²) in [6.45, 7) is 2.22. The second-order valence-electron chi connectivity index (χ2n) is 4.17. The van der Waals surface area contributed by atoms with Crippen LogP contribution in [0.4, 0.5) is 4.39 Å². The van der Waals surface area contributed by atoms with E-state index in [4.69, 9.17) is 4.42 Å². The van der Waals surface area contributed by atoms with E-state index in [-0.39, 0.29) is 26.7 Å². The van der Waals surface area contributed by atoms with E-state index in [0.29, 0.717) is 0 Å². The fraction of sp³-hybridized carbons (Fsp3) is 0.333. The molecule has 1 aromatic heterocycles. The average molecular weight is 392 g/mol. The molecule has 0 saturated carbocycles. The molecule has 0 aliphatic heterocycles. The number of benzene rings is 1. The number of thioether (sulfide) groups is 1. The first-order valence-corrected chi connectivity index (χ1v) is 10.5. The molecule has 1 nitrogen and oxygen atoms in total. The van der Waals surface area contributed by atoms with Crippen LogP contribution in [0.1, 0.15) is 25.3 Å². The Bertz CT molecular complexity index is 577. The summed E-state index contributed by atoms with van der Waals surface area (Å²) in [5.41, 5.74) is 1.79. The van der Waals surface area contributed by atoms with Crippen molar-refractivity contribution < 1.29 is 8.81 Å². The fourth-order valence-electron chi connectivity index (χ4n) is 1.79. The van der Waals surface area contributed by atoms with Gasteiger partial charge in [-0.2, -0.15) is 0 Å². The van der Waals surface area contributed by atoms with Gasteiger partial charge in [-0.25, -0.2) is 0 Å². The molecule has 0 aliphatic carbocycles. The molecule has 1 aromatic carbocycles. The maximum absolute atomic E-state index is 13.4. The minimum absolute atomic E-state index is 0.0696. The summed E-state index contributed by atoms with van der Waals surface area (Å²) in [5, 5.41) is 1.75. The number of hydrogen-bond acceptors (Lipinski definition) is 2. The Morgan fingerprint density at radius 3 is 3.00 bits per heavy atom. The third kappa shape index (κ3) is 3.78. The number of fused-ring (bicyclic) bond motifs is 1. The molecule has 1 heterocycles. The predicted octanol–water partition coefficient (Wildman–Crippen LogP) is 5.19. The molecule has 2 rings (SSSR count). The van der Waals surface area contributed by atoms with E-state index in [0.717, 1.165) is 21.6 Å². The van der Waals surface area contributed by atoms with E-state index in [9.17, 15) is 4.39 Å². The van der Waals surface area contributed by atoms with Crippen molar-refractivity contribution in [1.29, 1.82) is 0 Å². The summed E-state index contributed by atoms with van der Waals surface area (Å²) < 4.78 is 22.7. The first kappa shape index (κ1) is 15.0. The second-order valence-corrected chi connectivity index (χ2v) is 7.85. The SMILES string of the molecule is CCCC[Te]/C=C\c1c(SC)oc2ccc(F)cc12. The Hall–Kier alpha value is -0.430. The Balaban J connectivity index is 2.26. The zero-order chi connectivity index (χ0) is 13.7. The summed E-state index contributed by atoms with van der Waals surface area (Å²) in [4.78, 5) is 0. The van der Waals surface area contributed by atoms with Gasteiger partial charge in [0.15, 0.2) is 0 Å². The zero-order valence-electron chi connectivity index (χ0n) is 11.1. The second kappa shape index (κ2) is 7.38. The molecule has 2 aromatic rings. The van der Waals surface area contributed by atoms with Crippen molar-refractivity contribution in [2.45, 2.75) is 29.3 Å². The summed E-state index contributed by atoms with van der Waals surface area (Å²) in [6.07, 6.45) is 6.67. The van der Waals surface area contributed by atoms with Gasteiger partial charge in [0.2, 0.25) is 0 Å². The van der Waals surface area contributed by atoms with Gasteiger partial charge in [0.1, 0.15) is 0 Å². The Kier molecular flexibility index (Phi) is 5.81. The molecular formula is C15H17FOSTe. The molecule has 0 bridgehead atoms. The van der Waals surface area contributed by atoms with E-state index in [1.807, 2.05) is 6.26 Å². The standard InChI is InChI=1S/C15H17FOSTe/c1-3-4-8-19-9-7-12-13-10-11(16)5-6-14(13)17-15(12)18-2/h5-7,9-10H,3-4,8H2,1-2H3/b9-7-. The van der Waals surface area contributed by atoms with Crippen molar-refractivity contribution in [3.8, 4) is 0 Å². The molecule has 0 unspecified atom stereocenters. The monoisotopic (exact) mass is 394 g/mol. The number of unbranched alkanes of at least 4 members (excludes halogenated alkanes) is 1. The van der Waals surface area contributed by atoms with Crippen LogP contribution in [0.2, 0.25) is 4.47 Å². The van der Waals surface area contributed by atoms with Crippen molar-refractivity contribution >= 4 is 49.7 Å². The molecule has 0 radical (unpaired) electrons. The normalized spacial score (nSPS) is 11.7. The van der Waals surface area contributed by atoms with Crippen LogP contribution in [0, 0.1) is 5.82 Å². The Morgan fingerprint density at radius 2 is 2.26 bits per heavy atom. The molecular weight excluding hydrogens is 375 g/mol. The molecule has 102 valence electrons. The summed E-state index contributed by atoms with van der Waals surface area (Å²) in [7, 11) is 0. The molecule has 0 N–H and O–H groups in total. The Labute approximate surface area is 127 Å². The number of rotatable bonds is 6. The van der Waals surface area contributed by atoms with Gasteiger partial charge in [0.25, 0.3) is 0 Å². The van der Waals surface area contributed by atoms with E-state index < -0.39 is 0 Å². The Morgan fingerprint density at radius 1 is 1.42 bits per heavy atom. The van der Waals surface area contributed by atoms with Crippen molar-refractivity contribution in [3.63, 3.8) is 0 Å². The van der Waals surface area contributed by atoms with Crippen LogP contribution in [-0.2, 0) is 0 Å². The van der Waals surface area contributed by atoms with Crippen LogP contribution in [0.5, 0.6) is 0 Å². The topological polar surface area (TPSA) is 13.1 Å². The van der Waals surface area contributed by atoms with Crippen LogP contribution in [-0.4, -0.2) is 27.2 Å². The first-order valence-electron chi connectivity index (χ1n) is 6.30. The van der Waals surface area contributed by atoms with Crippen molar-refractivity contribution in [2.24, 2.45) is 0 Å². The van der Waals surface area contributed by atoms with Crippen LogP contribution >= 0.6 is 11.8 Å². The predicted molar refractivity (Wildman–Crippen MR) is 82.5 cm³/mol. The molecule has 19 heavy (non-hydrogen) atoms. The third-order valence-electron chi connectivity index (χ3n) is 2.79. The van der Waals surface area contributed by atoms with Gasteiger partial charge in [-0.1, -0.05) is 0 Å². The zero-order valence-corrected chi connectivity index (χ0v) is 14.3. The van der Waals surface area contributed by atoms with Gasteiger partial charge in [-0.3, -0.25) is 0 Å². The van der Waals surface area contributed by atoms with Crippen LogP contribution < -0.4 is 0 Å². The average Bonchev–Trinajstić information content (AvgIpc) is 2.76. The number of halogens is 1. The fourth-order valence-corrected chi connectivity index (χ4v) is 4.71. The van der Waals surface area contributed by atoms with Crippen LogP contribution in [0.25, 0.3) is 17.0 Å². The number of furan rings is 1. The first-order chi connectivity index (χ1) is 9.26. The van der Waals surface area contributed by atoms with Gasteiger partial charge in [0, 0.05) is 0 Å². The summed E-state index contributed by atoms with van der Waals surface area (Å²) in [6, 6.07) is 4.71. The van der Waals surface area contributed by atoms with Crippen molar-refractivity contribution in [3.05, 3.63) is 33.7 Å². The quantitative estimate of drug-likeness (QED) is 0.382. The van der Waals surface area contributed by atoms with E-state index in [1.54, 1.807) is 23.9 Å². The molecule has 0 amide bonds. The van der Waals surface area contributed by atoms with Gasteiger partial charge in [-0.05, 0) is 0 Å². The molecule has 0 spiro atoms. The molecule has 0 saturated heterocycles. The van der Waals surface area contributed by atoms with E-state index >= 15 is 0 Å². The third-order valence-corrected chi connectivity index (χ3v) is 5.89. The molecule has 4 heteroatoms. The van der Waals surface area contributed by atoms with E-state index in [1.165, 1.54) is 23.4 Å². The van der Waals surface area contributed by atoms with Crippen molar-refractivity contribution in [1.82, 2.24) is 0 Å². The minimum atomic E-state index is -0.210. The van der Waals surface area contributed by atoms with E-state index in [2.05, 4.69) is 17.1 Å².